The number of hydrogen-bond acceptors (Lipinski definition) is 1. The third kappa shape index (κ3) is 0.883. The van der Waals surface area contributed by atoms with E-state index in [1.807, 2.05) is 11.9 Å². The summed E-state index contributed by atoms with van der Waals surface area (Å²) >= 11 is 0. The van der Waals surface area contributed by atoms with E-state index in [1.165, 1.54) is 12.8 Å². The molecule has 0 aromatic carbocycles. The molecule has 0 aromatic rings. The molecule has 62 valence electrons. The van der Waals surface area contributed by atoms with Crippen molar-refractivity contribution in [3.63, 3.8) is 0 Å². The molecular weight excluding hydrogens is 138 g/mol. The number of carbonyl (C=O) groups excluding carboxylic acids is 1. The first-order valence-corrected chi connectivity index (χ1v) is 4.50. The fourth-order valence-corrected chi connectivity index (χ4v) is 2.45. The van der Waals surface area contributed by atoms with Gasteiger partial charge < -0.3 is 4.90 Å². The van der Waals surface area contributed by atoms with E-state index in [2.05, 4.69) is 6.92 Å². The summed E-state index contributed by atoms with van der Waals surface area (Å²) in [6.45, 7) is 3.22. The van der Waals surface area contributed by atoms with Crippen molar-refractivity contribution < 1.29 is 4.79 Å². The monoisotopic (exact) mass is 153 g/mol. The first-order valence-electron chi connectivity index (χ1n) is 4.50. The maximum absolute atomic E-state index is 11.4. The lowest BCUT2D eigenvalue weighted by atomic mass is 10.1. The smallest absolute Gasteiger partial charge is 0.226 e. The lowest BCUT2D eigenvalue weighted by Gasteiger charge is -2.12. The van der Waals surface area contributed by atoms with Crippen molar-refractivity contribution in [3.8, 4) is 0 Å². The molecule has 0 bridgehead atoms. The molecular formula is C9H15NO. The van der Waals surface area contributed by atoms with Gasteiger partial charge in [-0.1, -0.05) is 13.3 Å². The zero-order chi connectivity index (χ0) is 8.01. The van der Waals surface area contributed by atoms with Crippen molar-refractivity contribution in [2.24, 2.45) is 17.8 Å². The van der Waals surface area contributed by atoms with Gasteiger partial charge in [0.25, 0.3) is 0 Å². The Morgan fingerprint density at radius 1 is 1.64 bits per heavy atom. The van der Waals surface area contributed by atoms with Crippen LogP contribution in [0.15, 0.2) is 0 Å². The summed E-state index contributed by atoms with van der Waals surface area (Å²) < 4.78 is 0. The minimum absolute atomic E-state index is 0.397. The average molecular weight is 153 g/mol. The van der Waals surface area contributed by atoms with Crippen molar-refractivity contribution >= 4 is 5.91 Å². The highest BCUT2D eigenvalue weighted by molar-refractivity contribution is 5.85. The molecule has 1 aliphatic carbocycles. The van der Waals surface area contributed by atoms with Gasteiger partial charge in [0.05, 0.1) is 0 Å². The summed E-state index contributed by atoms with van der Waals surface area (Å²) in [7, 11) is 1.91. The molecule has 2 fully saturated rings. The first-order chi connectivity index (χ1) is 5.25. The summed E-state index contributed by atoms with van der Waals surface area (Å²) in [5.41, 5.74) is 0. The van der Waals surface area contributed by atoms with E-state index in [1.54, 1.807) is 0 Å². The molecule has 0 N–H and O–H groups in total. The van der Waals surface area contributed by atoms with E-state index < -0.39 is 0 Å². The van der Waals surface area contributed by atoms with Crippen LogP contribution in [0.5, 0.6) is 0 Å². The molecule has 1 saturated heterocycles. The van der Waals surface area contributed by atoms with Gasteiger partial charge in [-0.05, 0) is 18.3 Å². The van der Waals surface area contributed by atoms with Gasteiger partial charge in [0, 0.05) is 19.5 Å². The number of piperidine rings is 1. The molecule has 2 aliphatic rings. The van der Waals surface area contributed by atoms with Crippen LogP contribution >= 0.6 is 0 Å². The van der Waals surface area contributed by atoms with Gasteiger partial charge in [0.2, 0.25) is 5.91 Å². The van der Waals surface area contributed by atoms with Crippen LogP contribution in [-0.2, 0) is 4.79 Å². The summed E-state index contributed by atoms with van der Waals surface area (Å²) in [6, 6.07) is 0. The molecule has 2 rings (SSSR count). The highest BCUT2D eigenvalue weighted by Gasteiger charge is 2.59. The van der Waals surface area contributed by atoms with Crippen LogP contribution < -0.4 is 0 Å². The predicted molar refractivity (Wildman–Crippen MR) is 43.0 cm³/mol. The fraction of sp³-hybridized carbons (Fsp3) is 0.889. The molecule has 0 unspecified atom stereocenters. The quantitative estimate of drug-likeness (QED) is 0.582. The summed E-state index contributed by atoms with van der Waals surface area (Å²) in [5, 5.41) is 0. The zero-order valence-electron chi connectivity index (χ0n) is 7.21. The molecule has 0 aromatic heterocycles. The van der Waals surface area contributed by atoms with E-state index in [0.29, 0.717) is 11.8 Å². The maximum Gasteiger partial charge on any atom is 0.226 e. The van der Waals surface area contributed by atoms with E-state index >= 15 is 0 Å². The molecule has 0 radical (unpaired) electrons. The molecule has 3 atom stereocenters. The minimum Gasteiger partial charge on any atom is -0.345 e. The SMILES string of the molecule is CCC[C@H]1[C@@H]2CN(C)C(=O)[C@@H]12. The van der Waals surface area contributed by atoms with Crippen molar-refractivity contribution in [1.82, 2.24) is 4.90 Å². The van der Waals surface area contributed by atoms with Crippen molar-refractivity contribution in [2.75, 3.05) is 13.6 Å². The van der Waals surface area contributed by atoms with Gasteiger partial charge in [-0.3, -0.25) is 4.79 Å². The van der Waals surface area contributed by atoms with E-state index in [0.717, 1.165) is 18.4 Å². The summed E-state index contributed by atoms with van der Waals surface area (Å²) in [5.74, 6) is 2.31. The van der Waals surface area contributed by atoms with E-state index in [-0.39, 0.29) is 0 Å². The standard InChI is InChI=1S/C9H15NO/c1-3-4-6-7-5-10(2)9(11)8(6)7/h6-8H,3-5H2,1-2H3/t6-,7-,8-/m0/s1. The Balaban J connectivity index is 1.95. The number of fused-ring (bicyclic) bond motifs is 1. The van der Waals surface area contributed by atoms with E-state index in [4.69, 9.17) is 0 Å². The van der Waals surface area contributed by atoms with Crippen molar-refractivity contribution in [1.29, 1.82) is 0 Å². The first kappa shape index (κ1) is 7.14. The molecule has 2 heteroatoms. The molecule has 0 spiro atoms. The van der Waals surface area contributed by atoms with Gasteiger partial charge in [0.15, 0.2) is 0 Å². The Kier molecular flexibility index (Phi) is 1.44. The molecule has 2 nitrogen and oxygen atoms in total. The Labute approximate surface area is 67.6 Å². The Bertz CT molecular complexity index is 186. The third-order valence-electron chi connectivity index (χ3n) is 3.10. The van der Waals surface area contributed by atoms with Gasteiger partial charge in [-0.25, -0.2) is 0 Å². The lowest BCUT2D eigenvalue weighted by Crippen LogP contribution is -2.25. The van der Waals surface area contributed by atoms with Crippen LogP contribution in [0.1, 0.15) is 19.8 Å². The second kappa shape index (κ2) is 2.23. The maximum atomic E-state index is 11.4. The Morgan fingerprint density at radius 2 is 2.36 bits per heavy atom. The minimum atomic E-state index is 0.397. The number of nitrogens with zero attached hydrogens (tertiary/aromatic N) is 1. The number of likely N-dealkylation sites (tertiary alicyclic amines) is 1. The number of amides is 1. The second-order valence-corrected chi connectivity index (χ2v) is 3.86. The molecule has 11 heavy (non-hydrogen) atoms. The third-order valence-corrected chi connectivity index (χ3v) is 3.10. The van der Waals surface area contributed by atoms with Crippen LogP contribution in [0.4, 0.5) is 0 Å². The average Bonchev–Trinajstić information content (AvgIpc) is 2.53. The second-order valence-electron chi connectivity index (χ2n) is 3.86. The normalized spacial score (nSPS) is 41.1. The predicted octanol–water partition coefficient (Wildman–Crippen LogP) is 1.12. The number of hydrogen-bond donors (Lipinski definition) is 0. The zero-order valence-corrected chi connectivity index (χ0v) is 7.21. The van der Waals surface area contributed by atoms with Crippen LogP contribution in [0.2, 0.25) is 0 Å². The summed E-state index contributed by atoms with van der Waals surface area (Å²) in [4.78, 5) is 13.2. The molecule has 1 saturated carbocycles. The number of carbonyl (C=O) groups is 1. The topological polar surface area (TPSA) is 20.3 Å². The van der Waals surface area contributed by atoms with Crippen LogP contribution in [0.25, 0.3) is 0 Å². The van der Waals surface area contributed by atoms with Gasteiger partial charge >= 0.3 is 0 Å². The number of rotatable bonds is 2. The Morgan fingerprint density at radius 3 is 2.82 bits per heavy atom. The highest BCUT2D eigenvalue weighted by atomic mass is 16.2. The molecule has 1 heterocycles. The fourth-order valence-electron chi connectivity index (χ4n) is 2.45. The highest BCUT2D eigenvalue weighted by Crippen LogP contribution is 2.54. The van der Waals surface area contributed by atoms with Gasteiger partial charge in [-0.2, -0.15) is 0 Å². The van der Waals surface area contributed by atoms with Gasteiger partial charge in [-0.15, -0.1) is 0 Å². The molecule has 1 aliphatic heterocycles. The van der Waals surface area contributed by atoms with E-state index in [9.17, 15) is 4.79 Å². The Hall–Kier alpha value is -0.530. The van der Waals surface area contributed by atoms with Gasteiger partial charge in [0.1, 0.15) is 0 Å². The lowest BCUT2D eigenvalue weighted by molar-refractivity contribution is -0.129. The van der Waals surface area contributed by atoms with Crippen molar-refractivity contribution in [3.05, 3.63) is 0 Å². The van der Waals surface area contributed by atoms with Crippen LogP contribution in [0, 0.1) is 17.8 Å². The largest absolute Gasteiger partial charge is 0.345 e. The molecule has 1 amide bonds. The van der Waals surface area contributed by atoms with Crippen LogP contribution in [0.3, 0.4) is 0 Å². The van der Waals surface area contributed by atoms with Crippen LogP contribution in [-0.4, -0.2) is 24.4 Å². The van der Waals surface area contributed by atoms with Crippen molar-refractivity contribution in [2.45, 2.75) is 19.8 Å². The summed E-state index contributed by atoms with van der Waals surface area (Å²) in [6.07, 6.45) is 2.49.